The Labute approximate surface area is 95.1 Å². The zero-order valence-electron chi connectivity index (χ0n) is 9.75. The minimum atomic E-state index is -0.130. The fourth-order valence-electron chi connectivity index (χ4n) is 1.44. The zero-order valence-corrected chi connectivity index (χ0v) is 9.75. The number of nitrogens with one attached hydrogen (secondary N) is 2. The molecule has 0 fully saturated rings. The third-order valence-corrected chi connectivity index (χ3v) is 2.42. The van der Waals surface area contributed by atoms with Gasteiger partial charge in [0.25, 0.3) is 5.91 Å². The number of amides is 2. The molecule has 0 aromatic heterocycles. The Balaban J connectivity index is 2.41. The number of hydrazone groups is 1. The van der Waals surface area contributed by atoms with E-state index in [-0.39, 0.29) is 11.8 Å². The Morgan fingerprint density at radius 3 is 2.88 bits per heavy atom. The predicted octanol–water partition coefficient (Wildman–Crippen LogP) is -0.680. The van der Waals surface area contributed by atoms with Gasteiger partial charge in [-0.15, -0.1) is 0 Å². The summed E-state index contributed by atoms with van der Waals surface area (Å²) in [5.74, 6) is -0.231. The topological polar surface area (TPSA) is 73.8 Å². The molecule has 1 aliphatic heterocycles. The molecule has 0 bridgehead atoms. The van der Waals surface area contributed by atoms with Gasteiger partial charge in [-0.2, -0.15) is 5.10 Å². The van der Waals surface area contributed by atoms with E-state index in [9.17, 15) is 9.59 Å². The minimum Gasteiger partial charge on any atom is -0.341 e. The van der Waals surface area contributed by atoms with Crippen molar-refractivity contribution in [2.75, 3.05) is 27.2 Å². The molecule has 6 nitrogen and oxygen atoms in total. The Bertz CT molecular complexity index is 301. The van der Waals surface area contributed by atoms with E-state index in [2.05, 4.69) is 15.8 Å². The van der Waals surface area contributed by atoms with Crippen molar-refractivity contribution < 1.29 is 9.59 Å². The van der Waals surface area contributed by atoms with Crippen LogP contribution in [-0.2, 0) is 9.59 Å². The third-order valence-electron chi connectivity index (χ3n) is 2.42. The van der Waals surface area contributed by atoms with Crippen molar-refractivity contribution in [1.82, 2.24) is 15.6 Å². The van der Waals surface area contributed by atoms with Gasteiger partial charge in [0.2, 0.25) is 5.91 Å². The summed E-state index contributed by atoms with van der Waals surface area (Å²) < 4.78 is 0. The summed E-state index contributed by atoms with van der Waals surface area (Å²) in [5, 5.41) is 6.79. The molecule has 1 rings (SSSR count). The fraction of sp³-hybridized carbons (Fsp3) is 0.700. The lowest BCUT2D eigenvalue weighted by Gasteiger charge is -2.19. The molecule has 6 heteroatoms. The molecule has 0 atom stereocenters. The molecule has 0 aliphatic carbocycles. The number of hydrogen-bond acceptors (Lipinski definition) is 4. The number of nitrogens with zero attached hydrogens (tertiary/aromatic N) is 2. The normalized spacial score (nSPS) is 15.4. The Hall–Kier alpha value is -1.43. The van der Waals surface area contributed by atoms with E-state index in [1.165, 1.54) is 0 Å². The van der Waals surface area contributed by atoms with Crippen LogP contribution in [0.4, 0.5) is 0 Å². The highest BCUT2D eigenvalue weighted by atomic mass is 16.2. The SMILES string of the molecule is CNCCCN(C)C(=O)C1=NNC(=O)CC1. The van der Waals surface area contributed by atoms with Gasteiger partial charge in [-0.25, -0.2) is 5.43 Å². The van der Waals surface area contributed by atoms with Gasteiger partial charge in [-0.05, 0) is 20.0 Å². The highest BCUT2D eigenvalue weighted by molar-refractivity contribution is 6.39. The van der Waals surface area contributed by atoms with Crippen molar-refractivity contribution in [2.45, 2.75) is 19.3 Å². The maximum absolute atomic E-state index is 11.8. The van der Waals surface area contributed by atoms with Crippen LogP contribution in [0, 0.1) is 0 Å². The lowest BCUT2D eigenvalue weighted by molar-refractivity contribution is -0.123. The first-order valence-electron chi connectivity index (χ1n) is 5.40. The monoisotopic (exact) mass is 226 g/mol. The van der Waals surface area contributed by atoms with Crippen LogP contribution in [0.1, 0.15) is 19.3 Å². The van der Waals surface area contributed by atoms with Crippen LogP contribution in [0.15, 0.2) is 5.10 Å². The lowest BCUT2D eigenvalue weighted by atomic mass is 10.1. The molecule has 1 heterocycles. The summed E-state index contributed by atoms with van der Waals surface area (Å²) in [4.78, 5) is 24.3. The maximum atomic E-state index is 11.8. The average molecular weight is 226 g/mol. The second kappa shape index (κ2) is 6.22. The first kappa shape index (κ1) is 12.6. The third kappa shape index (κ3) is 3.62. The molecule has 0 aromatic carbocycles. The summed E-state index contributed by atoms with van der Waals surface area (Å²) in [5.41, 5.74) is 2.76. The number of hydrogen-bond donors (Lipinski definition) is 2. The molecule has 0 unspecified atom stereocenters. The van der Waals surface area contributed by atoms with Crippen molar-refractivity contribution in [2.24, 2.45) is 5.10 Å². The minimum absolute atomic E-state index is 0.101. The molecule has 2 N–H and O–H groups in total. The first-order chi connectivity index (χ1) is 7.65. The Kier molecular flexibility index (Phi) is 4.91. The highest BCUT2D eigenvalue weighted by Crippen LogP contribution is 2.02. The van der Waals surface area contributed by atoms with E-state index >= 15 is 0 Å². The van der Waals surface area contributed by atoms with Crippen LogP contribution in [0.2, 0.25) is 0 Å². The summed E-state index contributed by atoms with van der Waals surface area (Å²) >= 11 is 0. The van der Waals surface area contributed by atoms with Crippen molar-refractivity contribution in [3.63, 3.8) is 0 Å². The molecule has 2 amide bonds. The lowest BCUT2D eigenvalue weighted by Crippen LogP contribution is -2.39. The second-order valence-corrected chi connectivity index (χ2v) is 3.78. The van der Waals surface area contributed by atoms with E-state index in [1.54, 1.807) is 11.9 Å². The number of carbonyl (C=O) groups is 2. The largest absolute Gasteiger partial charge is 0.341 e. The van der Waals surface area contributed by atoms with Crippen LogP contribution in [0.5, 0.6) is 0 Å². The molecular weight excluding hydrogens is 208 g/mol. The van der Waals surface area contributed by atoms with E-state index in [0.29, 0.717) is 25.1 Å². The van der Waals surface area contributed by atoms with Crippen molar-refractivity contribution in [3.05, 3.63) is 0 Å². The number of rotatable bonds is 5. The predicted molar refractivity (Wildman–Crippen MR) is 61.0 cm³/mol. The molecule has 0 aromatic rings. The van der Waals surface area contributed by atoms with Gasteiger partial charge in [-0.3, -0.25) is 9.59 Å². The molecule has 1 aliphatic rings. The van der Waals surface area contributed by atoms with Gasteiger partial charge in [0.15, 0.2) is 0 Å². The first-order valence-corrected chi connectivity index (χ1v) is 5.40. The molecule has 16 heavy (non-hydrogen) atoms. The maximum Gasteiger partial charge on any atom is 0.269 e. The highest BCUT2D eigenvalue weighted by Gasteiger charge is 2.20. The van der Waals surface area contributed by atoms with Gasteiger partial charge in [0.05, 0.1) is 0 Å². The van der Waals surface area contributed by atoms with Gasteiger partial charge < -0.3 is 10.2 Å². The van der Waals surface area contributed by atoms with Crippen LogP contribution in [0.3, 0.4) is 0 Å². The number of carbonyl (C=O) groups excluding carboxylic acids is 2. The summed E-state index contributed by atoms with van der Waals surface area (Å²) in [6, 6.07) is 0. The molecule has 0 spiro atoms. The van der Waals surface area contributed by atoms with Gasteiger partial charge in [0.1, 0.15) is 5.71 Å². The van der Waals surface area contributed by atoms with Crippen LogP contribution >= 0.6 is 0 Å². The van der Waals surface area contributed by atoms with Crippen LogP contribution in [0.25, 0.3) is 0 Å². The van der Waals surface area contributed by atoms with Crippen LogP contribution < -0.4 is 10.7 Å². The smallest absolute Gasteiger partial charge is 0.269 e. The second-order valence-electron chi connectivity index (χ2n) is 3.78. The zero-order chi connectivity index (χ0) is 12.0. The van der Waals surface area contributed by atoms with Crippen molar-refractivity contribution >= 4 is 17.5 Å². The molecule has 0 radical (unpaired) electrons. The Morgan fingerprint density at radius 1 is 1.56 bits per heavy atom. The molecular formula is C10H18N4O2. The van der Waals surface area contributed by atoms with Gasteiger partial charge in [-0.1, -0.05) is 0 Å². The molecule has 90 valence electrons. The standard InChI is InChI=1S/C10H18N4O2/c1-11-6-3-7-14(2)10(16)8-4-5-9(15)13-12-8/h11H,3-7H2,1-2H3,(H,13,15). The van der Waals surface area contributed by atoms with Crippen molar-refractivity contribution in [3.8, 4) is 0 Å². The molecule has 0 saturated heterocycles. The Morgan fingerprint density at radius 2 is 2.31 bits per heavy atom. The summed E-state index contributed by atoms with van der Waals surface area (Å²) in [6.07, 6.45) is 1.67. The summed E-state index contributed by atoms with van der Waals surface area (Å²) in [7, 11) is 3.62. The van der Waals surface area contributed by atoms with E-state index < -0.39 is 0 Å². The average Bonchev–Trinajstić information content (AvgIpc) is 2.29. The fourth-order valence-corrected chi connectivity index (χ4v) is 1.44. The quantitative estimate of drug-likeness (QED) is 0.610. The van der Waals surface area contributed by atoms with Crippen LogP contribution in [-0.4, -0.2) is 49.6 Å². The summed E-state index contributed by atoms with van der Waals surface area (Å²) in [6.45, 7) is 1.56. The van der Waals surface area contributed by atoms with E-state index in [0.717, 1.165) is 13.0 Å². The van der Waals surface area contributed by atoms with Gasteiger partial charge in [0, 0.05) is 26.4 Å². The van der Waals surface area contributed by atoms with E-state index in [1.807, 2.05) is 7.05 Å². The van der Waals surface area contributed by atoms with E-state index in [4.69, 9.17) is 0 Å². The molecule has 0 saturated carbocycles. The van der Waals surface area contributed by atoms with Gasteiger partial charge >= 0.3 is 0 Å². The van der Waals surface area contributed by atoms with Crippen molar-refractivity contribution in [1.29, 1.82) is 0 Å².